The molecule has 0 bridgehead atoms. The number of carbonyl (C=O) groups is 1. The lowest BCUT2D eigenvalue weighted by Crippen LogP contribution is -2.04. The van der Waals surface area contributed by atoms with Gasteiger partial charge in [0.05, 0.1) is 13.7 Å². The number of Topliss-reactive ketones (excluding diaryl/α,β-unsaturated/α-hetero) is 1. The van der Waals surface area contributed by atoms with Gasteiger partial charge in [-0.2, -0.15) is 0 Å². The Morgan fingerprint density at radius 3 is 2.59 bits per heavy atom. The summed E-state index contributed by atoms with van der Waals surface area (Å²) in [5.74, 6) is 1.19. The van der Waals surface area contributed by atoms with Crippen LogP contribution >= 0.6 is 11.8 Å². The SMILES string of the molecule is COc1ccc(Cn2nnnc2SCCCC(=O)c2ccc(F)cc2)cc1. The molecular weight excluding hydrogens is 367 g/mol. The summed E-state index contributed by atoms with van der Waals surface area (Å²) in [6.45, 7) is 0.563. The summed E-state index contributed by atoms with van der Waals surface area (Å²) in [5.41, 5.74) is 1.60. The van der Waals surface area contributed by atoms with Crippen LogP contribution in [0.15, 0.2) is 53.7 Å². The molecule has 0 spiro atoms. The topological polar surface area (TPSA) is 69.9 Å². The van der Waals surface area contributed by atoms with E-state index in [9.17, 15) is 9.18 Å². The first-order valence-corrected chi connectivity index (χ1v) is 9.45. The first kappa shape index (κ1) is 19.0. The quantitative estimate of drug-likeness (QED) is 0.318. The number of carbonyl (C=O) groups excluding carboxylic acids is 1. The van der Waals surface area contributed by atoms with Crippen LogP contribution in [0.2, 0.25) is 0 Å². The lowest BCUT2D eigenvalue weighted by atomic mass is 10.1. The van der Waals surface area contributed by atoms with Gasteiger partial charge in [-0.25, -0.2) is 9.07 Å². The van der Waals surface area contributed by atoms with Crippen molar-refractivity contribution in [3.05, 3.63) is 65.5 Å². The van der Waals surface area contributed by atoms with Gasteiger partial charge >= 0.3 is 0 Å². The zero-order valence-electron chi connectivity index (χ0n) is 14.8. The second-order valence-electron chi connectivity index (χ2n) is 5.85. The smallest absolute Gasteiger partial charge is 0.209 e. The van der Waals surface area contributed by atoms with E-state index in [4.69, 9.17) is 4.74 Å². The number of halogens is 1. The molecule has 0 saturated heterocycles. The number of aromatic nitrogens is 4. The third-order valence-corrected chi connectivity index (χ3v) is 4.98. The number of benzene rings is 2. The highest BCUT2D eigenvalue weighted by atomic mass is 32.2. The maximum absolute atomic E-state index is 12.9. The average molecular weight is 386 g/mol. The van der Waals surface area contributed by atoms with E-state index in [0.717, 1.165) is 17.1 Å². The molecule has 0 atom stereocenters. The van der Waals surface area contributed by atoms with Crippen molar-refractivity contribution in [1.82, 2.24) is 20.2 Å². The Kier molecular flexibility index (Phi) is 6.54. The largest absolute Gasteiger partial charge is 0.497 e. The maximum Gasteiger partial charge on any atom is 0.209 e. The van der Waals surface area contributed by atoms with E-state index in [1.807, 2.05) is 24.3 Å². The number of ketones is 1. The molecule has 0 aliphatic heterocycles. The molecule has 0 fully saturated rings. The van der Waals surface area contributed by atoms with Crippen molar-refractivity contribution >= 4 is 17.5 Å². The summed E-state index contributed by atoms with van der Waals surface area (Å²) in [7, 11) is 1.63. The number of thioether (sulfide) groups is 1. The van der Waals surface area contributed by atoms with Crippen molar-refractivity contribution in [2.45, 2.75) is 24.5 Å². The molecule has 0 unspecified atom stereocenters. The highest BCUT2D eigenvalue weighted by Gasteiger charge is 2.10. The maximum atomic E-state index is 12.9. The number of methoxy groups -OCH3 is 1. The molecular formula is C19H19FN4O2S. The summed E-state index contributed by atoms with van der Waals surface area (Å²) in [4.78, 5) is 12.1. The normalized spacial score (nSPS) is 10.7. The van der Waals surface area contributed by atoms with Crippen LogP contribution in [0.25, 0.3) is 0 Å². The van der Waals surface area contributed by atoms with E-state index in [0.29, 0.717) is 30.1 Å². The van der Waals surface area contributed by atoms with Gasteiger partial charge < -0.3 is 4.74 Å². The van der Waals surface area contributed by atoms with E-state index in [-0.39, 0.29) is 11.6 Å². The van der Waals surface area contributed by atoms with Crippen molar-refractivity contribution < 1.29 is 13.9 Å². The Labute approximate surface area is 160 Å². The van der Waals surface area contributed by atoms with E-state index in [1.54, 1.807) is 11.8 Å². The van der Waals surface area contributed by atoms with Crippen molar-refractivity contribution in [1.29, 1.82) is 0 Å². The van der Waals surface area contributed by atoms with Gasteiger partial charge in [-0.3, -0.25) is 4.79 Å². The fourth-order valence-corrected chi connectivity index (χ4v) is 3.29. The van der Waals surface area contributed by atoms with Gasteiger partial charge in [-0.05, 0) is 58.8 Å². The van der Waals surface area contributed by atoms with Crippen LogP contribution in [-0.4, -0.2) is 38.9 Å². The average Bonchev–Trinajstić information content (AvgIpc) is 3.13. The van der Waals surface area contributed by atoms with Crippen LogP contribution in [0.5, 0.6) is 5.75 Å². The van der Waals surface area contributed by atoms with Crippen molar-refractivity contribution in [2.75, 3.05) is 12.9 Å². The predicted octanol–water partition coefficient (Wildman–Crippen LogP) is 3.62. The van der Waals surface area contributed by atoms with Crippen molar-refractivity contribution in [3.8, 4) is 5.75 Å². The first-order valence-electron chi connectivity index (χ1n) is 8.46. The van der Waals surface area contributed by atoms with Crippen LogP contribution < -0.4 is 4.74 Å². The second kappa shape index (κ2) is 9.27. The molecule has 2 aromatic carbocycles. The number of ether oxygens (including phenoxy) is 1. The summed E-state index contributed by atoms with van der Waals surface area (Å²) in [6, 6.07) is 13.4. The fraction of sp³-hybridized carbons (Fsp3) is 0.263. The molecule has 27 heavy (non-hydrogen) atoms. The molecule has 8 heteroatoms. The number of hydrogen-bond donors (Lipinski definition) is 0. The Hall–Kier alpha value is -2.74. The predicted molar refractivity (Wildman–Crippen MR) is 101 cm³/mol. The molecule has 3 aromatic rings. The van der Waals surface area contributed by atoms with Gasteiger partial charge in [0, 0.05) is 17.7 Å². The first-order chi connectivity index (χ1) is 13.2. The zero-order valence-corrected chi connectivity index (χ0v) is 15.7. The van der Waals surface area contributed by atoms with Gasteiger partial charge in [-0.1, -0.05) is 23.9 Å². The molecule has 0 saturated carbocycles. The summed E-state index contributed by atoms with van der Waals surface area (Å²) < 4.78 is 19.8. The molecule has 0 N–H and O–H groups in total. The van der Waals surface area contributed by atoms with Crippen LogP contribution in [-0.2, 0) is 6.54 Å². The van der Waals surface area contributed by atoms with Gasteiger partial charge in [0.2, 0.25) is 5.16 Å². The standard InChI is InChI=1S/C19H19FN4O2S/c1-26-17-10-4-14(5-11-17)13-24-19(21-22-23-24)27-12-2-3-18(25)15-6-8-16(20)9-7-15/h4-11H,2-3,12-13H2,1H3. The Morgan fingerprint density at radius 2 is 1.89 bits per heavy atom. The van der Waals surface area contributed by atoms with E-state index in [1.165, 1.54) is 36.0 Å². The molecule has 3 rings (SSSR count). The van der Waals surface area contributed by atoms with Crippen molar-refractivity contribution in [2.24, 2.45) is 0 Å². The van der Waals surface area contributed by atoms with E-state index < -0.39 is 0 Å². The Bertz CT molecular complexity index is 881. The van der Waals surface area contributed by atoms with Crippen LogP contribution in [0.3, 0.4) is 0 Å². The molecule has 0 aliphatic rings. The third kappa shape index (κ3) is 5.37. The van der Waals surface area contributed by atoms with Crippen molar-refractivity contribution in [3.63, 3.8) is 0 Å². The minimum atomic E-state index is -0.342. The number of tetrazole rings is 1. The number of hydrogen-bond acceptors (Lipinski definition) is 6. The fourth-order valence-electron chi connectivity index (χ4n) is 2.48. The molecule has 0 radical (unpaired) electrons. The molecule has 1 aromatic heterocycles. The van der Waals surface area contributed by atoms with E-state index in [2.05, 4.69) is 15.5 Å². The van der Waals surface area contributed by atoms with Crippen LogP contribution in [0, 0.1) is 5.82 Å². The highest BCUT2D eigenvalue weighted by molar-refractivity contribution is 7.99. The lowest BCUT2D eigenvalue weighted by Gasteiger charge is -2.06. The number of nitrogens with zero attached hydrogens (tertiary/aromatic N) is 4. The summed E-state index contributed by atoms with van der Waals surface area (Å²) in [6.07, 6.45) is 1.09. The second-order valence-corrected chi connectivity index (χ2v) is 6.91. The van der Waals surface area contributed by atoms with Gasteiger partial charge in [0.1, 0.15) is 11.6 Å². The summed E-state index contributed by atoms with van der Waals surface area (Å²) >= 11 is 1.51. The minimum Gasteiger partial charge on any atom is -0.497 e. The third-order valence-electron chi connectivity index (χ3n) is 3.94. The molecule has 6 nitrogen and oxygen atoms in total. The molecule has 140 valence electrons. The lowest BCUT2D eigenvalue weighted by molar-refractivity contribution is 0.0982. The Morgan fingerprint density at radius 1 is 1.15 bits per heavy atom. The zero-order chi connectivity index (χ0) is 19.1. The van der Waals surface area contributed by atoms with Crippen LogP contribution in [0.4, 0.5) is 4.39 Å². The van der Waals surface area contributed by atoms with Gasteiger partial charge in [0.15, 0.2) is 5.78 Å². The van der Waals surface area contributed by atoms with Crippen LogP contribution in [0.1, 0.15) is 28.8 Å². The van der Waals surface area contributed by atoms with E-state index >= 15 is 0 Å². The molecule has 0 aliphatic carbocycles. The summed E-state index contributed by atoms with van der Waals surface area (Å²) in [5, 5.41) is 12.5. The Balaban J connectivity index is 1.48. The highest BCUT2D eigenvalue weighted by Crippen LogP contribution is 2.19. The molecule has 1 heterocycles. The minimum absolute atomic E-state index is 0.00780. The van der Waals surface area contributed by atoms with Gasteiger partial charge in [-0.15, -0.1) is 5.10 Å². The molecule has 0 amide bonds. The number of rotatable bonds is 9. The monoisotopic (exact) mass is 386 g/mol. The van der Waals surface area contributed by atoms with Gasteiger partial charge in [0.25, 0.3) is 0 Å².